The Morgan fingerprint density at radius 2 is 2.33 bits per heavy atom. The smallest absolute Gasteiger partial charge is 0.414 e. The third-order valence-electron chi connectivity index (χ3n) is 3.40. The van der Waals surface area contributed by atoms with Crippen LogP contribution in [-0.2, 0) is 4.74 Å². The van der Waals surface area contributed by atoms with Crippen LogP contribution in [0.2, 0.25) is 0 Å². The first-order chi connectivity index (χ1) is 10.1. The molecular weight excluding hydrogens is 277 g/mol. The summed E-state index contributed by atoms with van der Waals surface area (Å²) in [5.74, 6) is -0.441. The van der Waals surface area contributed by atoms with Crippen LogP contribution in [0.5, 0.6) is 0 Å². The van der Waals surface area contributed by atoms with Gasteiger partial charge in [0.25, 0.3) is 0 Å². The lowest BCUT2D eigenvalue weighted by Crippen LogP contribution is -2.27. The van der Waals surface area contributed by atoms with Crippen LogP contribution >= 0.6 is 0 Å². The van der Waals surface area contributed by atoms with Gasteiger partial charge in [0.1, 0.15) is 19.1 Å². The third kappa shape index (κ3) is 2.49. The zero-order chi connectivity index (χ0) is 15.0. The van der Waals surface area contributed by atoms with E-state index in [4.69, 9.17) is 10.5 Å². The molecule has 2 aliphatic rings. The van der Waals surface area contributed by atoms with Crippen LogP contribution in [0, 0.1) is 5.82 Å². The van der Waals surface area contributed by atoms with Crippen LogP contribution in [0.25, 0.3) is 0 Å². The maximum absolute atomic E-state index is 14.3. The quantitative estimate of drug-likeness (QED) is 0.890. The number of halogens is 1. The molecule has 2 N–H and O–H groups in total. The molecule has 0 aliphatic carbocycles. The van der Waals surface area contributed by atoms with E-state index >= 15 is 0 Å². The SMILES string of the molecule is CN1C=NN(c2ccc(N3C[C@H](CN)OC3=O)cc2F)C1. The van der Waals surface area contributed by atoms with E-state index in [9.17, 15) is 9.18 Å². The first-order valence-corrected chi connectivity index (χ1v) is 6.58. The van der Waals surface area contributed by atoms with E-state index in [-0.39, 0.29) is 12.6 Å². The molecule has 1 aromatic rings. The summed E-state index contributed by atoms with van der Waals surface area (Å²) in [5.41, 5.74) is 6.30. The van der Waals surface area contributed by atoms with Gasteiger partial charge in [-0.15, -0.1) is 0 Å². The fraction of sp³-hybridized carbons (Fsp3) is 0.385. The zero-order valence-corrected chi connectivity index (χ0v) is 11.6. The Morgan fingerprint density at radius 1 is 1.52 bits per heavy atom. The zero-order valence-electron chi connectivity index (χ0n) is 11.6. The van der Waals surface area contributed by atoms with Gasteiger partial charge >= 0.3 is 6.09 Å². The lowest BCUT2D eigenvalue weighted by molar-refractivity contribution is 0.145. The number of nitrogens with zero attached hydrogens (tertiary/aromatic N) is 4. The highest BCUT2D eigenvalue weighted by molar-refractivity contribution is 5.90. The third-order valence-corrected chi connectivity index (χ3v) is 3.40. The topological polar surface area (TPSA) is 74.4 Å². The number of hydrogen-bond donors (Lipinski definition) is 1. The van der Waals surface area contributed by atoms with Crippen molar-refractivity contribution in [3.05, 3.63) is 24.0 Å². The predicted octanol–water partition coefficient (Wildman–Crippen LogP) is 0.762. The van der Waals surface area contributed by atoms with Gasteiger partial charge in [-0.3, -0.25) is 4.90 Å². The molecule has 0 saturated carbocycles. The summed E-state index contributed by atoms with van der Waals surface area (Å²) < 4.78 is 19.3. The summed E-state index contributed by atoms with van der Waals surface area (Å²) in [5, 5.41) is 5.63. The van der Waals surface area contributed by atoms with Gasteiger partial charge in [-0.1, -0.05) is 0 Å². The summed E-state index contributed by atoms with van der Waals surface area (Å²) in [6.45, 7) is 1.06. The molecule has 0 spiro atoms. The Bertz CT molecular complexity index is 594. The normalized spacial score (nSPS) is 21.4. The summed E-state index contributed by atoms with van der Waals surface area (Å²) in [6.07, 6.45) is 0.769. The van der Waals surface area contributed by atoms with E-state index in [1.165, 1.54) is 11.0 Å². The highest BCUT2D eigenvalue weighted by atomic mass is 19.1. The number of rotatable bonds is 3. The van der Waals surface area contributed by atoms with Crippen molar-refractivity contribution >= 4 is 23.8 Å². The largest absolute Gasteiger partial charge is 0.443 e. The number of carbonyl (C=O) groups excluding carboxylic acids is 1. The molecule has 1 fully saturated rings. The van der Waals surface area contributed by atoms with Crippen molar-refractivity contribution in [3.8, 4) is 0 Å². The van der Waals surface area contributed by atoms with Gasteiger partial charge in [0.05, 0.1) is 17.9 Å². The maximum atomic E-state index is 14.3. The molecule has 0 aromatic heterocycles. The van der Waals surface area contributed by atoms with Crippen molar-refractivity contribution in [2.75, 3.05) is 36.7 Å². The monoisotopic (exact) mass is 293 g/mol. The summed E-state index contributed by atoms with van der Waals surface area (Å²) >= 11 is 0. The second-order valence-electron chi connectivity index (χ2n) is 5.02. The number of nitrogens with two attached hydrogens (primary N) is 1. The molecule has 0 radical (unpaired) electrons. The Balaban J connectivity index is 1.82. The van der Waals surface area contributed by atoms with Crippen molar-refractivity contribution in [2.24, 2.45) is 10.8 Å². The molecule has 2 heterocycles. The number of amides is 1. The van der Waals surface area contributed by atoms with Crippen molar-refractivity contribution in [1.29, 1.82) is 0 Å². The first kappa shape index (κ1) is 13.6. The van der Waals surface area contributed by atoms with E-state index in [0.29, 0.717) is 24.6 Å². The van der Waals surface area contributed by atoms with Crippen LogP contribution in [0.1, 0.15) is 0 Å². The molecule has 1 atom stereocenters. The highest BCUT2D eigenvalue weighted by Crippen LogP contribution is 2.28. The standard InChI is InChI=1S/C13H16FN5O2/c1-17-7-16-19(8-17)12-3-2-9(4-11(12)14)18-6-10(5-15)21-13(18)20/h2-4,7,10H,5-6,8,15H2,1H3/t10-/m0/s1. The van der Waals surface area contributed by atoms with Gasteiger partial charge in [0.2, 0.25) is 0 Å². The van der Waals surface area contributed by atoms with E-state index in [2.05, 4.69) is 5.10 Å². The Labute approximate surface area is 121 Å². The molecule has 7 nitrogen and oxygen atoms in total. The second-order valence-corrected chi connectivity index (χ2v) is 5.02. The summed E-state index contributed by atoms with van der Waals surface area (Å²) in [4.78, 5) is 14.9. The molecule has 1 saturated heterocycles. The fourth-order valence-corrected chi connectivity index (χ4v) is 2.30. The Kier molecular flexibility index (Phi) is 3.38. The van der Waals surface area contributed by atoms with Crippen molar-refractivity contribution < 1.29 is 13.9 Å². The lowest BCUT2D eigenvalue weighted by Gasteiger charge is -2.19. The number of cyclic esters (lactones) is 1. The minimum absolute atomic E-state index is 0.248. The Morgan fingerprint density at radius 3 is 2.90 bits per heavy atom. The number of hydrogen-bond acceptors (Lipinski definition) is 6. The molecule has 112 valence electrons. The van der Waals surface area contributed by atoms with Gasteiger partial charge in [0, 0.05) is 13.6 Å². The van der Waals surface area contributed by atoms with E-state index in [1.54, 1.807) is 23.5 Å². The van der Waals surface area contributed by atoms with Crippen LogP contribution in [0.4, 0.5) is 20.6 Å². The van der Waals surface area contributed by atoms with E-state index in [1.807, 2.05) is 11.9 Å². The maximum Gasteiger partial charge on any atom is 0.414 e. The molecule has 1 amide bonds. The fourth-order valence-electron chi connectivity index (χ4n) is 2.30. The van der Waals surface area contributed by atoms with Crippen molar-refractivity contribution in [2.45, 2.75) is 6.10 Å². The molecule has 0 unspecified atom stereocenters. The van der Waals surface area contributed by atoms with Crippen LogP contribution in [-0.4, -0.2) is 50.2 Å². The highest BCUT2D eigenvalue weighted by Gasteiger charge is 2.32. The lowest BCUT2D eigenvalue weighted by atomic mass is 10.2. The van der Waals surface area contributed by atoms with Gasteiger partial charge in [-0.05, 0) is 18.2 Å². The number of hydrazone groups is 1. The average Bonchev–Trinajstić information content (AvgIpc) is 3.04. The number of anilines is 2. The molecule has 2 aliphatic heterocycles. The van der Waals surface area contributed by atoms with Crippen LogP contribution in [0.3, 0.4) is 0 Å². The Hall–Kier alpha value is -2.35. The minimum atomic E-state index is -0.503. The molecular formula is C13H16FN5O2. The number of ether oxygens (including phenoxy) is 1. The molecule has 3 rings (SSSR count). The van der Waals surface area contributed by atoms with Crippen LogP contribution in [0.15, 0.2) is 23.3 Å². The average molecular weight is 293 g/mol. The van der Waals surface area contributed by atoms with Gasteiger partial charge < -0.3 is 15.4 Å². The molecule has 8 heteroatoms. The van der Waals surface area contributed by atoms with Crippen LogP contribution < -0.4 is 15.6 Å². The van der Waals surface area contributed by atoms with E-state index < -0.39 is 11.9 Å². The van der Waals surface area contributed by atoms with Gasteiger partial charge in [0.15, 0.2) is 5.82 Å². The van der Waals surface area contributed by atoms with Crippen molar-refractivity contribution in [1.82, 2.24) is 4.90 Å². The number of benzene rings is 1. The predicted molar refractivity (Wildman–Crippen MR) is 76.7 cm³/mol. The molecule has 1 aromatic carbocycles. The summed E-state index contributed by atoms with van der Waals surface area (Å²) in [7, 11) is 1.85. The van der Waals surface area contributed by atoms with E-state index in [0.717, 1.165) is 0 Å². The van der Waals surface area contributed by atoms with Gasteiger partial charge in [-0.25, -0.2) is 14.2 Å². The molecule has 0 bridgehead atoms. The minimum Gasteiger partial charge on any atom is -0.443 e. The first-order valence-electron chi connectivity index (χ1n) is 6.58. The number of carbonyl (C=O) groups is 1. The molecule has 21 heavy (non-hydrogen) atoms. The van der Waals surface area contributed by atoms with Gasteiger partial charge in [-0.2, -0.15) is 5.10 Å². The summed E-state index contributed by atoms with van der Waals surface area (Å²) in [6, 6.07) is 4.58. The second kappa shape index (κ2) is 5.21. The van der Waals surface area contributed by atoms with Crippen molar-refractivity contribution in [3.63, 3.8) is 0 Å².